The lowest BCUT2D eigenvalue weighted by molar-refractivity contribution is 0.0723. The van der Waals surface area contributed by atoms with Gasteiger partial charge in [0.2, 0.25) is 0 Å². The molecule has 34 heavy (non-hydrogen) atoms. The van der Waals surface area contributed by atoms with Gasteiger partial charge in [0.25, 0.3) is 11.8 Å². The van der Waals surface area contributed by atoms with E-state index in [1.54, 1.807) is 15.6 Å². The van der Waals surface area contributed by atoms with Gasteiger partial charge < -0.3 is 14.6 Å². The molecule has 7 nitrogen and oxygen atoms in total. The highest BCUT2D eigenvalue weighted by Crippen LogP contribution is 2.23. The van der Waals surface area contributed by atoms with Crippen molar-refractivity contribution in [2.24, 2.45) is 0 Å². The van der Waals surface area contributed by atoms with Crippen LogP contribution in [0.1, 0.15) is 45.4 Å². The minimum Gasteiger partial charge on any atom is -0.463 e. The van der Waals surface area contributed by atoms with Gasteiger partial charge in [0.15, 0.2) is 0 Å². The van der Waals surface area contributed by atoms with Crippen LogP contribution < -0.4 is 5.32 Å². The Balaban J connectivity index is 1.49. The largest absolute Gasteiger partial charge is 0.463 e. The maximum Gasteiger partial charge on any atom is 0.269 e. The van der Waals surface area contributed by atoms with Gasteiger partial charge in [-0.3, -0.25) is 14.3 Å². The van der Waals surface area contributed by atoms with Crippen LogP contribution in [0.3, 0.4) is 0 Å². The Bertz CT molecular complexity index is 1280. The smallest absolute Gasteiger partial charge is 0.269 e. The third-order valence-corrected chi connectivity index (χ3v) is 6.09. The molecule has 7 heteroatoms. The zero-order valence-corrected chi connectivity index (χ0v) is 19.8. The number of nitrogens with one attached hydrogen (secondary N) is 1. The van der Waals surface area contributed by atoms with E-state index in [0.29, 0.717) is 42.8 Å². The first kappa shape index (κ1) is 23.3. The first-order valence-corrected chi connectivity index (χ1v) is 11.6. The summed E-state index contributed by atoms with van der Waals surface area (Å²) in [5.74, 6) is -0.257. The second-order valence-electron chi connectivity index (χ2n) is 8.44. The molecule has 176 valence electrons. The monoisotopic (exact) mass is 458 g/mol. The molecule has 0 spiro atoms. The molecule has 0 aliphatic rings. The van der Waals surface area contributed by atoms with Crippen LogP contribution in [0, 0.1) is 6.92 Å². The maximum absolute atomic E-state index is 13.4. The van der Waals surface area contributed by atoms with Crippen molar-refractivity contribution in [3.8, 4) is 0 Å². The number of aryl methyl sites for hydroxylation is 2. The Labute approximate surface area is 199 Å². The highest BCUT2D eigenvalue weighted by Gasteiger charge is 2.25. The number of likely N-dealkylation sites (N-methyl/N-ethyl adjacent to an activating group) is 1. The summed E-state index contributed by atoms with van der Waals surface area (Å²) in [5.41, 5.74) is 3.73. The summed E-state index contributed by atoms with van der Waals surface area (Å²) in [6.07, 6.45) is 2.82. The van der Waals surface area contributed by atoms with Gasteiger partial charge in [0.05, 0.1) is 11.3 Å². The molecule has 0 aliphatic carbocycles. The molecular weight excluding hydrogens is 428 g/mol. The molecule has 2 aromatic carbocycles. The molecule has 0 bridgehead atoms. The predicted molar refractivity (Wildman–Crippen MR) is 132 cm³/mol. The summed E-state index contributed by atoms with van der Waals surface area (Å²) in [5, 5.41) is 8.15. The molecule has 4 aromatic rings. The zero-order chi connectivity index (χ0) is 24.1. The first-order chi connectivity index (χ1) is 16.5. The number of amides is 2. The summed E-state index contributed by atoms with van der Waals surface area (Å²) >= 11 is 0. The molecule has 1 N–H and O–H groups in total. The quantitative estimate of drug-likeness (QED) is 0.402. The van der Waals surface area contributed by atoms with Gasteiger partial charge in [0, 0.05) is 31.6 Å². The minimum absolute atomic E-state index is 0.100. The molecule has 4 rings (SSSR count). The highest BCUT2D eigenvalue weighted by atomic mass is 16.3. The molecule has 0 aliphatic heterocycles. The fraction of sp³-hybridized carbons (Fsp3) is 0.296. The Morgan fingerprint density at radius 1 is 1.12 bits per heavy atom. The van der Waals surface area contributed by atoms with E-state index in [9.17, 15) is 9.59 Å². The van der Waals surface area contributed by atoms with Gasteiger partial charge in [-0.1, -0.05) is 48.5 Å². The first-order valence-electron chi connectivity index (χ1n) is 11.6. The fourth-order valence-electron chi connectivity index (χ4n) is 4.23. The SMILES string of the molecule is CCn1nc(C)cc1C(=O)NCCC(Cc1ccccc1)N(C)C(=O)c1coc2ccccc12. The summed E-state index contributed by atoms with van der Waals surface area (Å²) in [6.45, 7) is 4.90. The van der Waals surface area contributed by atoms with Gasteiger partial charge >= 0.3 is 0 Å². The standard InChI is InChI=1S/C27H30N4O3/c1-4-31-24(16-19(2)29-31)26(32)28-15-14-21(17-20-10-6-5-7-11-20)30(3)27(33)23-18-34-25-13-9-8-12-22(23)25/h5-13,16,18,21H,4,14-15,17H2,1-3H3,(H,28,32). The summed E-state index contributed by atoms with van der Waals surface area (Å²) in [6, 6.07) is 19.3. The molecule has 0 fully saturated rings. The Hall–Kier alpha value is -3.87. The lowest BCUT2D eigenvalue weighted by atomic mass is 10.0. The topological polar surface area (TPSA) is 80.4 Å². The van der Waals surface area contributed by atoms with E-state index in [1.165, 1.54) is 6.26 Å². The third kappa shape index (κ3) is 5.03. The molecule has 2 aromatic heterocycles. The van der Waals surface area contributed by atoms with Gasteiger partial charge in [-0.15, -0.1) is 0 Å². The van der Waals surface area contributed by atoms with Crippen molar-refractivity contribution in [3.05, 3.63) is 89.4 Å². The number of hydrogen-bond donors (Lipinski definition) is 1. The van der Waals surface area contributed by atoms with Crippen LogP contribution in [0.15, 0.2) is 71.3 Å². The van der Waals surface area contributed by atoms with Crippen LogP contribution in [0.5, 0.6) is 0 Å². The van der Waals surface area contributed by atoms with Crippen molar-refractivity contribution < 1.29 is 14.0 Å². The number of carbonyl (C=O) groups excluding carboxylic acids is 2. The van der Waals surface area contributed by atoms with Crippen molar-refractivity contribution in [1.82, 2.24) is 20.0 Å². The van der Waals surface area contributed by atoms with Gasteiger partial charge in [-0.05, 0) is 44.4 Å². The minimum atomic E-state index is -0.157. The van der Waals surface area contributed by atoms with Crippen LogP contribution in [0.2, 0.25) is 0 Å². The molecular formula is C27H30N4O3. The van der Waals surface area contributed by atoms with Gasteiger partial charge in [-0.25, -0.2) is 0 Å². The number of nitrogens with zero attached hydrogens (tertiary/aromatic N) is 3. The Morgan fingerprint density at radius 3 is 2.62 bits per heavy atom. The van der Waals surface area contributed by atoms with Crippen LogP contribution in [-0.2, 0) is 13.0 Å². The van der Waals surface area contributed by atoms with Gasteiger partial charge in [0.1, 0.15) is 17.5 Å². The molecule has 2 amide bonds. The van der Waals surface area contributed by atoms with Crippen LogP contribution in [0.4, 0.5) is 0 Å². The van der Waals surface area contributed by atoms with Crippen molar-refractivity contribution in [2.75, 3.05) is 13.6 Å². The zero-order valence-electron chi connectivity index (χ0n) is 19.8. The molecule has 1 atom stereocenters. The summed E-state index contributed by atoms with van der Waals surface area (Å²) < 4.78 is 7.29. The third-order valence-electron chi connectivity index (χ3n) is 6.09. The van der Waals surface area contributed by atoms with E-state index in [0.717, 1.165) is 16.6 Å². The maximum atomic E-state index is 13.4. The normalized spacial score (nSPS) is 12.0. The Morgan fingerprint density at radius 2 is 1.85 bits per heavy atom. The number of para-hydroxylation sites is 1. The van der Waals surface area contributed by atoms with Crippen LogP contribution in [0.25, 0.3) is 11.0 Å². The Kier molecular flexibility index (Phi) is 7.11. The van der Waals surface area contributed by atoms with Crippen molar-refractivity contribution >= 4 is 22.8 Å². The number of rotatable bonds is 9. The van der Waals surface area contributed by atoms with Crippen LogP contribution >= 0.6 is 0 Å². The number of fused-ring (bicyclic) bond motifs is 1. The second-order valence-corrected chi connectivity index (χ2v) is 8.44. The predicted octanol–water partition coefficient (Wildman–Crippen LogP) is 4.46. The summed E-state index contributed by atoms with van der Waals surface area (Å²) in [7, 11) is 1.81. The average molecular weight is 459 g/mol. The van der Waals surface area contributed by atoms with Crippen molar-refractivity contribution in [3.63, 3.8) is 0 Å². The average Bonchev–Trinajstić information content (AvgIpc) is 3.46. The number of furan rings is 1. The molecule has 0 saturated heterocycles. The van der Waals surface area contributed by atoms with E-state index < -0.39 is 0 Å². The highest BCUT2D eigenvalue weighted by molar-refractivity contribution is 6.05. The van der Waals surface area contributed by atoms with E-state index in [4.69, 9.17) is 4.42 Å². The molecule has 1 unspecified atom stereocenters. The number of aromatic nitrogens is 2. The van der Waals surface area contributed by atoms with E-state index in [1.807, 2.05) is 63.4 Å². The van der Waals surface area contributed by atoms with E-state index in [-0.39, 0.29) is 17.9 Å². The molecule has 0 radical (unpaired) electrons. The fourth-order valence-corrected chi connectivity index (χ4v) is 4.23. The second kappa shape index (κ2) is 10.4. The van der Waals surface area contributed by atoms with Gasteiger partial charge in [-0.2, -0.15) is 5.10 Å². The van der Waals surface area contributed by atoms with Crippen molar-refractivity contribution in [2.45, 2.75) is 39.3 Å². The number of carbonyl (C=O) groups is 2. The van der Waals surface area contributed by atoms with E-state index >= 15 is 0 Å². The lowest BCUT2D eigenvalue weighted by Gasteiger charge is -2.28. The lowest BCUT2D eigenvalue weighted by Crippen LogP contribution is -2.41. The number of benzene rings is 2. The van der Waals surface area contributed by atoms with E-state index in [2.05, 4.69) is 22.5 Å². The van der Waals surface area contributed by atoms with Crippen molar-refractivity contribution in [1.29, 1.82) is 0 Å². The summed E-state index contributed by atoms with van der Waals surface area (Å²) in [4.78, 5) is 27.9. The van der Waals surface area contributed by atoms with Crippen LogP contribution in [-0.4, -0.2) is 46.1 Å². The molecule has 2 heterocycles. The number of hydrogen-bond acceptors (Lipinski definition) is 4. The molecule has 0 saturated carbocycles.